The van der Waals surface area contributed by atoms with Gasteiger partial charge in [0, 0.05) is 0 Å². The van der Waals surface area contributed by atoms with E-state index in [9.17, 15) is 8.78 Å². The van der Waals surface area contributed by atoms with Crippen LogP contribution < -0.4 is 5.73 Å². The number of halogens is 2. The van der Waals surface area contributed by atoms with E-state index in [1.807, 2.05) is 24.3 Å². The molecule has 106 valence electrons. The van der Waals surface area contributed by atoms with E-state index in [2.05, 4.69) is 13.8 Å². The van der Waals surface area contributed by atoms with E-state index in [1.165, 1.54) is 11.6 Å². The van der Waals surface area contributed by atoms with Crippen LogP contribution in [0, 0.1) is 11.6 Å². The summed E-state index contributed by atoms with van der Waals surface area (Å²) in [5.41, 5.74) is 8.82. The average Bonchev–Trinajstić information content (AvgIpc) is 2.48. The minimum atomic E-state index is -0.867. The van der Waals surface area contributed by atoms with E-state index in [-0.39, 0.29) is 0 Å². The molecule has 3 heteroatoms. The van der Waals surface area contributed by atoms with Gasteiger partial charge in [-0.25, -0.2) is 8.78 Å². The molecule has 0 radical (unpaired) electrons. The van der Waals surface area contributed by atoms with E-state index < -0.39 is 17.7 Å². The summed E-state index contributed by atoms with van der Waals surface area (Å²) >= 11 is 0. The van der Waals surface area contributed by atoms with Gasteiger partial charge in [0.15, 0.2) is 11.6 Å². The lowest BCUT2D eigenvalue weighted by atomic mass is 9.94. The van der Waals surface area contributed by atoms with Crippen molar-refractivity contribution in [2.75, 3.05) is 0 Å². The highest BCUT2D eigenvalue weighted by Crippen LogP contribution is 2.24. The van der Waals surface area contributed by atoms with Gasteiger partial charge in [0.2, 0.25) is 0 Å². The maximum absolute atomic E-state index is 13.2. The molecule has 2 aromatic carbocycles. The van der Waals surface area contributed by atoms with Gasteiger partial charge in [-0.2, -0.15) is 0 Å². The summed E-state index contributed by atoms with van der Waals surface area (Å²) in [5.74, 6) is -1.22. The molecular formula is C17H19F2N. The lowest BCUT2D eigenvalue weighted by molar-refractivity contribution is 0.506. The molecule has 0 aliphatic rings. The Bertz CT molecular complexity index is 578. The number of nitrogens with two attached hydrogens (primary N) is 1. The standard InChI is InChI=1S/C17H19F2N/c1-3-11(2)12-4-6-13(7-5-12)17(20)14-8-9-15(18)16(19)10-14/h4-11,17H,3,20H2,1-2H3. The van der Waals surface area contributed by atoms with Crippen LogP contribution in [0.4, 0.5) is 8.78 Å². The molecule has 1 nitrogen and oxygen atoms in total. The van der Waals surface area contributed by atoms with Gasteiger partial charge in [0.1, 0.15) is 0 Å². The summed E-state index contributed by atoms with van der Waals surface area (Å²) in [6.45, 7) is 4.32. The number of hydrogen-bond acceptors (Lipinski definition) is 1. The third kappa shape index (κ3) is 3.05. The first-order valence-electron chi connectivity index (χ1n) is 6.83. The normalized spacial score (nSPS) is 14.1. The van der Waals surface area contributed by atoms with Gasteiger partial charge in [-0.05, 0) is 41.2 Å². The summed E-state index contributed by atoms with van der Waals surface area (Å²) in [6, 6.07) is 11.3. The second-order valence-corrected chi connectivity index (χ2v) is 5.13. The molecule has 0 amide bonds. The van der Waals surface area contributed by atoms with Crippen LogP contribution >= 0.6 is 0 Å². The molecule has 20 heavy (non-hydrogen) atoms. The van der Waals surface area contributed by atoms with Crippen molar-refractivity contribution in [1.29, 1.82) is 0 Å². The van der Waals surface area contributed by atoms with Gasteiger partial charge in [-0.15, -0.1) is 0 Å². The van der Waals surface area contributed by atoms with Gasteiger partial charge >= 0.3 is 0 Å². The molecular weight excluding hydrogens is 256 g/mol. The van der Waals surface area contributed by atoms with Crippen LogP contribution in [-0.4, -0.2) is 0 Å². The van der Waals surface area contributed by atoms with Crippen LogP contribution in [-0.2, 0) is 0 Å². The fraction of sp³-hybridized carbons (Fsp3) is 0.294. The number of rotatable bonds is 4. The van der Waals surface area contributed by atoms with Crippen molar-refractivity contribution in [3.63, 3.8) is 0 Å². The van der Waals surface area contributed by atoms with Crippen molar-refractivity contribution < 1.29 is 8.78 Å². The van der Waals surface area contributed by atoms with Gasteiger partial charge in [-0.3, -0.25) is 0 Å². The number of benzene rings is 2. The fourth-order valence-electron chi connectivity index (χ4n) is 2.17. The monoisotopic (exact) mass is 275 g/mol. The van der Waals surface area contributed by atoms with E-state index in [0.29, 0.717) is 11.5 Å². The quantitative estimate of drug-likeness (QED) is 0.871. The summed E-state index contributed by atoms with van der Waals surface area (Å²) in [4.78, 5) is 0. The molecule has 2 atom stereocenters. The van der Waals surface area contributed by atoms with E-state index in [1.54, 1.807) is 0 Å². The van der Waals surface area contributed by atoms with Crippen LogP contribution in [0.3, 0.4) is 0 Å². The zero-order valence-corrected chi connectivity index (χ0v) is 11.7. The van der Waals surface area contributed by atoms with Crippen LogP contribution in [0.2, 0.25) is 0 Å². The molecule has 0 fully saturated rings. The molecule has 0 saturated heterocycles. The average molecular weight is 275 g/mol. The predicted molar refractivity (Wildman–Crippen MR) is 77.5 cm³/mol. The van der Waals surface area contributed by atoms with Gasteiger partial charge in [0.25, 0.3) is 0 Å². The molecule has 2 aromatic rings. The molecule has 2 rings (SSSR count). The van der Waals surface area contributed by atoms with Crippen molar-refractivity contribution >= 4 is 0 Å². The highest BCUT2D eigenvalue weighted by molar-refractivity contribution is 5.34. The smallest absolute Gasteiger partial charge is 0.159 e. The first-order chi connectivity index (χ1) is 9.52. The van der Waals surface area contributed by atoms with Crippen molar-refractivity contribution in [2.45, 2.75) is 32.2 Å². The minimum absolute atomic E-state index is 0.448. The molecule has 2 unspecified atom stereocenters. The second kappa shape index (κ2) is 6.14. The molecule has 0 spiro atoms. The Morgan fingerprint density at radius 1 is 0.900 bits per heavy atom. The summed E-state index contributed by atoms with van der Waals surface area (Å²) in [6.07, 6.45) is 1.08. The van der Waals surface area contributed by atoms with E-state index >= 15 is 0 Å². The third-order valence-corrected chi connectivity index (χ3v) is 3.78. The van der Waals surface area contributed by atoms with Crippen molar-refractivity contribution in [3.05, 3.63) is 70.8 Å². The lowest BCUT2D eigenvalue weighted by Gasteiger charge is -2.15. The predicted octanol–water partition coefficient (Wildman–Crippen LogP) is 4.53. The highest BCUT2D eigenvalue weighted by Gasteiger charge is 2.12. The number of hydrogen-bond donors (Lipinski definition) is 1. The van der Waals surface area contributed by atoms with Crippen LogP contribution in [0.25, 0.3) is 0 Å². The lowest BCUT2D eigenvalue weighted by Crippen LogP contribution is -2.12. The molecule has 0 heterocycles. The van der Waals surface area contributed by atoms with Gasteiger partial charge in [0.05, 0.1) is 6.04 Å². The third-order valence-electron chi connectivity index (χ3n) is 3.78. The summed E-state index contributed by atoms with van der Waals surface area (Å²) < 4.78 is 26.2. The van der Waals surface area contributed by atoms with Crippen molar-refractivity contribution in [2.24, 2.45) is 5.73 Å². The molecule has 0 saturated carbocycles. The zero-order chi connectivity index (χ0) is 14.7. The summed E-state index contributed by atoms with van der Waals surface area (Å²) in [7, 11) is 0. The highest BCUT2D eigenvalue weighted by atomic mass is 19.2. The van der Waals surface area contributed by atoms with Gasteiger partial charge < -0.3 is 5.73 Å². The SMILES string of the molecule is CCC(C)c1ccc(C(N)c2ccc(F)c(F)c2)cc1. The maximum atomic E-state index is 13.2. The first-order valence-corrected chi connectivity index (χ1v) is 6.83. The van der Waals surface area contributed by atoms with E-state index in [4.69, 9.17) is 5.73 Å². The zero-order valence-electron chi connectivity index (χ0n) is 11.7. The Kier molecular flexibility index (Phi) is 4.50. The van der Waals surface area contributed by atoms with Crippen molar-refractivity contribution in [1.82, 2.24) is 0 Å². The largest absolute Gasteiger partial charge is 0.320 e. The molecule has 2 N–H and O–H groups in total. The van der Waals surface area contributed by atoms with E-state index in [0.717, 1.165) is 24.1 Å². The Labute approximate surface area is 118 Å². The Balaban J connectivity index is 2.24. The Hall–Kier alpha value is -1.74. The molecule has 0 aliphatic heterocycles. The van der Waals surface area contributed by atoms with Gasteiger partial charge in [-0.1, -0.05) is 44.2 Å². The fourth-order valence-corrected chi connectivity index (χ4v) is 2.17. The topological polar surface area (TPSA) is 26.0 Å². The maximum Gasteiger partial charge on any atom is 0.159 e. The Morgan fingerprint density at radius 3 is 2.00 bits per heavy atom. The molecule has 0 aliphatic carbocycles. The molecule has 0 bridgehead atoms. The second-order valence-electron chi connectivity index (χ2n) is 5.13. The first kappa shape index (κ1) is 14.7. The van der Waals surface area contributed by atoms with Crippen LogP contribution in [0.5, 0.6) is 0 Å². The van der Waals surface area contributed by atoms with Crippen LogP contribution in [0.15, 0.2) is 42.5 Å². The Morgan fingerprint density at radius 2 is 1.45 bits per heavy atom. The minimum Gasteiger partial charge on any atom is -0.320 e. The summed E-state index contributed by atoms with van der Waals surface area (Å²) in [5, 5.41) is 0. The molecule has 0 aromatic heterocycles. The van der Waals surface area contributed by atoms with Crippen LogP contribution in [0.1, 0.15) is 48.9 Å². The van der Waals surface area contributed by atoms with Crippen molar-refractivity contribution in [3.8, 4) is 0 Å².